The Hall–Kier alpha value is -2.78. The molecule has 0 radical (unpaired) electrons. The van der Waals surface area contributed by atoms with E-state index in [-0.39, 0.29) is 6.01 Å². The Labute approximate surface area is 186 Å². The van der Waals surface area contributed by atoms with Gasteiger partial charge in [-0.3, -0.25) is 0 Å². The molecule has 0 unspecified atom stereocenters. The second kappa shape index (κ2) is 9.57. The van der Waals surface area contributed by atoms with Gasteiger partial charge in [-0.2, -0.15) is 9.97 Å². The van der Waals surface area contributed by atoms with Gasteiger partial charge < -0.3 is 19.7 Å². The van der Waals surface area contributed by atoms with Crippen LogP contribution in [0, 0.1) is 0 Å². The molecule has 1 saturated heterocycles. The summed E-state index contributed by atoms with van der Waals surface area (Å²) in [7, 11) is 3.10. The van der Waals surface area contributed by atoms with E-state index in [2.05, 4.69) is 45.1 Å². The lowest BCUT2D eigenvalue weighted by atomic mass is 10.0. The summed E-state index contributed by atoms with van der Waals surface area (Å²) in [5.74, 6) is 1.07. The topological polar surface area (TPSA) is 85.3 Å². The zero-order valence-corrected chi connectivity index (χ0v) is 19.1. The van der Waals surface area contributed by atoms with Crippen molar-refractivity contribution in [1.82, 2.24) is 24.8 Å². The molecule has 0 atom stereocenters. The maximum atomic E-state index is 5.31. The van der Waals surface area contributed by atoms with E-state index in [1.807, 2.05) is 17.6 Å². The number of hydrogen-bond acceptors (Lipinski definition) is 9. The Balaban J connectivity index is 1.64. The Morgan fingerprint density at radius 2 is 1.94 bits per heavy atom. The van der Waals surface area contributed by atoms with E-state index in [0.29, 0.717) is 29.6 Å². The van der Waals surface area contributed by atoms with Gasteiger partial charge in [-0.05, 0) is 38.1 Å². The Morgan fingerprint density at radius 3 is 2.58 bits per heavy atom. The fraction of sp³-hybridized carbons (Fsp3) is 0.455. The maximum Gasteiger partial charge on any atom is 0.320 e. The number of thiophene rings is 1. The number of nitrogens with zero attached hydrogens (tertiary/aromatic N) is 5. The molecule has 0 aliphatic carbocycles. The third-order valence-electron chi connectivity index (χ3n) is 5.49. The molecule has 0 amide bonds. The maximum absolute atomic E-state index is 5.31. The van der Waals surface area contributed by atoms with Crippen molar-refractivity contribution in [2.75, 3.05) is 32.6 Å². The van der Waals surface area contributed by atoms with Crippen LogP contribution in [-0.4, -0.2) is 64.2 Å². The largest absolute Gasteiger partial charge is 0.481 e. The van der Waals surface area contributed by atoms with Crippen LogP contribution in [0.25, 0.3) is 21.8 Å². The number of anilines is 1. The predicted octanol–water partition coefficient (Wildman–Crippen LogP) is 3.96. The lowest BCUT2D eigenvalue weighted by molar-refractivity contribution is 0.177. The highest BCUT2D eigenvalue weighted by Gasteiger charge is 2.22. The number of aromatic nitrogens is 4. The fourth-order valence-corrected chi connectivity index (χ4v) is 4.45. The Bertz CT molecular complexity index is 981. The van der Waals surface area contributed by atoms with Gasteiger partial charge in [-0.25, -0.2) is 9.97 Å². The molecule has 1 fully saturated rings. The van der Waals surface area contributed by atoms with E-state index in [1.165, 1.54) is 7.11 Å². The average molecular weight is 441 g/mol. The van der Waals surface area contributed by atoms with Crippen LogP contribution in [0.3, 0.4) is 0 Å². The standard InChI is InChI=1S/C22H28N6O2S/c1-14(2)28-9-7-15(8-10-28)24-21-23-13-16(20(27-21)18-6-5-11-31-18)17-12-19(29-3)26-22(25-17)30-4/h5-6,11-15H,7-10H2,1-4H3,(H,23,24,27). The lowest BCUT2D eigenvalue weighted by Gasteiger charge is -2.34. The summed E-state index contributed by atoms with van der Waals surface area (Å²) < 4.78 is 10.6. The molecule has 9 heteroatoms. The molecule has 1 aliphatic rings. The molecule has 1 aliphatic heterocycles. The number of likely N-dealkylation sites (tertiary alicyclic amines) is 1. The van der Waals surface area contributed by atoms with Crippen molar-refractivity contribution in [3.8, 4) is 33.7 Å². The van der Waals surface area contributed by atoms with Crippen LogP contribution in [0.15, 0.2) is 29.8 Å². The highest BCUT2D eigenvalue weighted by atomic mass is 32.1. The van der Waals surface area contributed by atoms with Crippen LogP contribution in [-0.2, 0) is 0 Å². The van der Waals surface area contributed by atoms with Gasteiger partial charge in [0.1, 0.15) is 0 Å². The zero-order chi connectivity index (χ0) is 21.8. The van der Waals surface area contributed by atoms with E-state index in [0.717, 1.165) is 42.1 Å². The molecule has 0 spiro atoms. The first-order valence-electron chi connectivity index (χ1n) is 10.5. The Kier molecular flexibility index (Phi) is 6.62. The van der Waals surface area contributed by atoms with Crippen molar-refractivity contribution in [2.45, 2.75) is 38.8 Å². The SMILES string of the molecule is COc1cc(-c2cnc(NC3CCN(C(C)C)CC3)nc2-c2cccs2)nc(OC)n1. The van der Waals surface area contributed by atoms with Gasteiger partial charge in [0.25, 0.3) is 0 Å². The van der Waals surface area contributed by atoms with Gasteiger partial charge in [0, 0.05) is 43.0 Å². The average Bonchev–Trinajstić information content (AvgIpc) is 3.34. The molecule has 1 N–H and O–H groups in total. The van der Waals surface area contributed by atoms with Crippen molar-refractivity contribution in [1.29, 1.82) is 0 Å². The van der Waals surface area contributed by atoms with Crippen molar-refractivity contribution < 1.29 is 9.47 Å². The van der Waals surface area contributed by atoms with Gasteiger partial charge in [0.15, 0.2) is 0 Å². The number of ether oxygens (including phenoxy) is 2. The quantitative estimate of drug-likeness (QED) is 0.591. The molecule has 164 valence electrons. The molecule has 0 bridgehead atoms. The summed E-state index contributed by atoms with van der Waals surface area (Å²) in [6, 6.07) is 7.04. The molecule has 4 heterocycles. The summed E-state index contributed by atoms with van der Waals surface area (Å²) in [5.41, 5.74) is 2.29. The van der Waals surface area contributed by atoms with Crippen LogP contribution < -0.4 is 14.8 Å². The number of nitrogens with one attached hydrogen (secondary N) is 1. The first kappa shape index (κ1) is 21.5. The van der Waals surface area contributed by atoms with E-state index in [4.69, 9.17) is 14.5 Å². The Morgan fingerprint density at radius 1 is 1.13 bits per heavy atom. The van der Waals surface area contributed by atoms with Gasteiger partial charge in [0.05, 0.1) is 30.5 Å². The summed E-state index contributed by atoms with van der Waals surface area (Å²) in [5, 5.41) is 5.58. The lowest BCUT2D eigenvalue weighted by Crippen LogP contribution is -2.42. The minimum atomic E-state index is 0.241. The number of rotatable bonds is 7. The van der Waals surface area contributed by atoms with Crippen molar-refractivity contribution in [2.24, 2.45) is 0 Å². The highest BCUT2D eigenvalue weighted by Crippen LogP contribution is 2.34. The van der Waals surface area contributed by atoms with Crippen LogP contribution in [0.1, 0.15) is 26.7 Å². The second-order valence-electron chi connectivity index (χ2n) is 7.76. The molecule has 0 saturated carbocycles. The first-order chi connectivity index (χ1) is 15.1. The van der Waals surface area contributed by atoms with Crippen molar-refractivity contribution in [3.63, 3.8) is 0 Å². The first-order valence-corrected chi connectivity index (χ1v) is 11.3. The third-order valence-corrected chi connectivity index (χ3v) is 6.36. The summed E-state index contributed by atoms with van der Waals surface area (Å²) in [6.45, 7) is 6.68. The third kappa shape index (κ3) is 4.94. The predicted molar refractivity (Wildman–Crippen MR) is 123 cm³/mol. The molecule has 3 aromatic heterocycles. The molecule has 31 heavy (non-hydrogen) atoms. The molecule has 3 aromatic rings. The van der Waals surface area contributed by atoms with E-state index < -0.39 is 0 Å². The highest BCUT2D eigenvalue weighted by molar-refractivity contribution is 7.13. The van der Waals surface area contributed by atoms with Gasteiger partial charge in [-0.1, -0.05) is 6.07 Å². The van der Waals surface area contributed by atoms with Crippen LogP contribution in [0.2, 0.25) is 0 Å². The van der Waals surface area contributed by atoms with E-state index >= 15 is 0 Å². The number of piperidine rings is 1. The number of methoxy groups -OCH3 is 2. The molecule has 0 aromatic carbocycles. The normalized spacial score (nSPS) is 15.3. The summed E-state index contributed by atoms with van der Waals surface area (Å²) >= 11 is 1.63. The van der Waals surface area contributed by atoms with Gasteiger partial charge in [0.2, 0.25) is 11.8 Å². The number of hydrogen-bond donors (Lipinski definition) is 1. The van der Waals surface area contributed by atoms with Crippen molar-refractivity contribution in [3.05, 3.63) is 29.8 Å². The van der Waals surface area contributed by atoms with E-state index in [1.54, 1.807) is 24.5 Å². The monoisotopic (exact) mass is 440 g/mol. The second-order valence-corrected chi connectivity index (χ2v) is 8.71. The summed E-state index contributed by atoms with van der Waals surface area (Å²) in [4.78, 5) is 21.7. The van der Waals surface area contributed by atoms with Crippen LogP contribution in [0.5, 0.6) is 11.9 Å². The fourth-order valence-electron chi connectivity index (χ4n) is 3.72. The summed E-state index contributed by atoms with van der Waals surface area (Å²) in [6.07, 6.45) is 3.98. The van der Waals surface area contributed by atoms with Crippen molar-refractivity contribution >= 4 is 17.3 Å². The van der Waals surface area contributed by atoms with Gasteiger partial charge >= 0.3 is 6.01 Å². The molecular formula is C22H28N6O2S. The smallest absolute Gasteiger partial charge is 0.320 e. The molecule has 8 nitrogen and oxygen atoms in total. The van der Waals surface area contributed by atoms with Crippen LogP contribution >= 0.6 is 11.3 Å². The van der Waals surface area contributed by atoms with Gasteiger partial charge in [-0.15, -0.1) is 11.3 Å². The minimum absolute atomic E-state index is 0.241. The zero-order valence-electron chi connectivity index (χ0n) is 18.3. The molecular weight excluding hydrogens is 412 g/mol. The minimum Gasteiger partial charge on any atom is -0.481 e. The van der Waals surface area contributed by atoms with Crippen LogP contribution in [0.4, 0.5) is 5.95 Å². The van der Waals surface area contributed by atoms with E-state index in [9.17, 15) is 0 Å². The molecule has 4 rings (SSSR count).